The molecule has 0 aliphatic heterocycles. The van der Waals surface area contributed by atoms with E-state index in [0.29, 0.717) is 15.7 Å². The van der Waals surface area contributed by atoms with Crippen molar-refractivity contribution in [2.75, 3.05) is 11.1 Å². The number of thioether (sulfide) groups is 1. The first kappa shape index (κ1) is 16.2. The second kappa shape index (κ2) is 7.25. The molecule has 9 heteroatoms. The summed E-state index contributed by atoms with van der Waals surface area (Å²) in [6, 6.07) is 11.5. The van der Waals surface area contributed by atoms with Crippen molar-refractivity contribution in [1.82, 2.24) is 20.2 Å². The quantitative estimate of drug-likeness (QED) is 0.706. The fourth-order valence-corrected chi connectivity index (χ4v) is 3.45. The highest BCUT2D eigenvalue weighted by Gasteiger charge is 2.14. The second-order valence-electron chi connectivity index (χ2n) is 4.77. The number of aromatic nitrogens is 4. The summed E-state index contributed by atoms with van der Waals surface area (Å²) in [5.41, 5.74) is 2.37. The van der Waals surface area contributed by atoms with Gasteiger partial charge in [0.05, 0.1) is 17.0 Å². The summed E-state index contributed by atoms with van der Waals surface area (Å²) in [5.74, 6) is -0.0621. The molecule has 0 bridgehead atoms. The lowest BCUT2D eigenvalue weighted by molar-refractivity contribution is -0.113. The molecule has 1 aromatic carbocycles. The molecule has 0 radical (unpaired) electrons. The molecule has 24 heavy (non-hydrogen) atoms. The lowest BCUT2D eigenvalue weighted by atomic mass is 10.2. The van der Waals surface area contributed by atoms with E-state index in [4.69, 9.17) is 5.26 Å². The molecule has 1 amide bonds. The van der Waals surface area contributed by atoms with Crippen molar-refractivity contribution in [2.45, 2.75) is 12.1 Å². The maximum Gasteiger partial charge on any atom is 0.235 e. The molecule has 0 spiro atoms. The van der Waals surface area contributed by atoms with Crippen LogP contribution in [0.3, 0.4) is 0 Å². The first-order chi connectivity index (χ1) is 11.7. The Morgan fingerprint density at radius 3 is 3.04 bits per heavy atom. The van der Waals surface area contributed by atoms with Crippen LogP contribution in [0.4, 0.5) is 5.00 Å². The molecule has 1 N–H and O–H groups in total. The fraction of sp³-hybridized carbons (Fsp3) is 0.133. The summed E-state index contributed by atoms with van der Waals surface area (Å²) in [4.78, 5) is 12.1. The van der Waals surface area contributed by atoms with Gasteiger partial charge < -0.3 is 5.32 Å². The van der Waals surface area contributed by atoms with E-state index in [9.17, 15) is 4.79 Å². The number of carbonyl (C=O) groups excluding carboxylic acids is 1. The molecule has 3 aromatic rings. The third-order valence-electron chi connectivity index (χ3n) is 3.16. The number of para-hydroxylation sites is 1. The Morgan fingerprint density at radius 2 is 2.25 bits per heavy atom. The van der Waals surface area contributed by atoms with Gasteiger partial charge in [-0.2, -0.15) is 9.94 Å². The first-order valence-corrected chi connectivity index (χ1v) is 8.80. The number of nitrogens with zero attached hydrogens (tertiary/aromatic N) is 5. The third kappa shape index (κ3) is 3.45. The van der Waals surface area contributed by atoms with E-state index in [2.05, 4.69) is 20.8 Å². The molecule has 2 aromatic heterocycles. The second-order valence-corrected chi connectivity index (χ2v) is 6.63. The standard InChI is InChI=1S/C15H12N6OS2/c1-10-4-2-3-5-12(10)21-15(18-19-20-21)24-9-13(22)17-14-11(8-16)6-7-23-14/h2-7H,9H2,1H3,(H,17,22). The van der Waals surface area contributed by atoms with Crippen LogP contribution in [-0.2, 0) is 4.79 Å². The lowest BCUT2D eigenvalue weighted by Gasteiger charge is -2.07. The number of benzene rings is 1. The molecule has 0 unspecified atom stereocenters. The van der Waals surface area contributed by atoms with Crippen molar-refractivity contribution in [3.8, 4) is 11.8 Å². The molecule has 0 atom stereocenters. The summed E-state index contributed by atoms with van der Waals surface area (Å²) >= 11 is 2.56. The Bertz CT molecular complexity index is 911. The lowest BCUT2D eigenvalue weighted by Crippen LogP contribution is -2.14. The van der Waals surface area contributed by atoms with Gasteiger partial charge in [0.15, 0.2) is 0 Å². The Hall–Kier alpha value is -2.70. The number of amides is 1. The van der Waals surface area contributed by atoms with E-state index in [1.807, 2.05) is 37.3 Å². The molecular weight excluding hydrogens is 344 g/mol. The molecule has 7 nitrogen and oxygen atoms in total. The van der Waals surface area contributed by atoms with Gasteiger partial charge in [-0.15, -0.1) is 16.4 Å². The smallest absolute Gasteiger partial charge is 0.235 e. The monoisotopic (exact) mass is 356 g/mol. The number of rotatable bonds is 5. The fourth-order valence-electron chi connectivity index (χ4n) is 2.01. The summed E-state index contributed by atoms with van der Waals surface area (Å²) in [5, 5.41) is 26.2. The van der Waals surface area contributed by atoms with E-state index < -0.39 is 0 Å². The molecular formula is C15H12N6OS2. The zero-order chi connectivity index (χ0) is 16.9. The number of aryl methyl sites for hydroxylation is 1. The number of thiophene rings is 1. The van der Waals surface area contributed by atoms with Crippen LogP contribution >= 0.6 is 23.1 Å². The van der Waals surface area contributed by atoms with Crippen LogP contribution in [0, 0.1) is 18.3 Å². The average molecular weight is 356 g/mol. The highest BCUT2D eigenvalue weighted by Crippen LogP contribution is 2.24. The maximum absolute atomic E-state index is 12.1. The summed E-state index contributed by atoms with van der Waals surface area (Å²) in [7, 11) is 0. The molecule has 0 aliphatic carbocycles. The van der Waals surface area contributed by atoms with Crippen LogP contribution in [0.1, 0.15) is 11.1 Å². The molecule has 0 aliphatic rings. The van der Waals surface area contributed by atoms with Crippen LogP contribution < -0.4 is 5.32 Å². The number of nitriles is 1. The van der Waals surface area contributed by atoms with E-state index in [1.165, 1.54) is 23.1 Å². The van der Waals surface area contributed by atoms with Crippen LogP contribution in [0.25, 0.3) is 5.69 Å². The normalized spacial score (nSPS) is 10.3. The minimum absolute atomic E-state index is 0.148. The van der Waals surface area contributed by atoms with Gasteiger partial charge in [0, 0.05) is 0 Å². The van der Waals surface area contributed by atoms with Crippen molar-refractivity contribution in [3.63, 3.8) is 0 Å². The van der Waals surface area contributed by atoms with E-state index >= 15 is 0 Å². The number of tetrazole rings is 1. The van der Waals surface area contributed by atoms with E-state index in [1.54, 1.807) is 16.1 Å². The minimum atomic E-state index is -0.210. The van der Waals surface area contributed by atoms with Gasteiger partial charge in [-0.1, -0.05) is 30.0 Å². The van der Waals surface area contributed by atoms with Crippen LogP contribution in [0.2, 0.25) is 0 Å². The van der Waals surface area contributed by atoms with Crippen molar-refractivity contribution in [3.05, 3.63) is 46.8 Å². The Balaban J connectivity index is 1.68. The molecule has 0 saturated heterocycles. The van der Waals surface area contributed by atoms with Gasteiger partial charge in [-0.05, 0) is 40.4 Å². The van der Waals surface area contributed by atoms with E-state index in [-0.39, 0.29) is 11.7 Å². The highest BCUT2D eigenvalue weighted by atomic mass is 32.2. The van der Waals surface area contributed by atoms with Crippen molar-refractivity contribution in [2.24, 2.45) is 0 Å². The van der Waals surface area contributed by atoms with Crippen LogP contribution in [0.5, 0.6) is 0 Å². The van der Waals surface area contributed by atoms with Gasteiger partial charge in [-0.25, -0.2) is 0 Å². The van der Waals surface area contributed by atoms with Gasteiger partial charge >= 0.3 is 0 Å². The highest BCUT2D eigenvalue weighted by molar-refractivity contribution is 7.99. The van der Waals surface area contributed by atoms with Gasteiger partial charge in [-0.3, -0.25) is 4.79 Å². The molecule has 2 heterocycles. The predicted molar refractivity (Wildman–Crippen MR) is 92.3 cm³/mol. The zero-order valence-electron chi connectivity index (χ0n) is 12.6. The molecule has 0 saturated carbocycles. The minimum Gasteiger partial charge on any atom is -0.316 e. The Kier molecular flexibility index (Phi) is 4.88. The summed E-state index contributed by atoms with van der Waals surface area (Å²) in [6.07, 6.45) is 0. The van der Waals surface area contributed by atoms with Gasteiger partial charge in [0.1, 0.15) is 11.1 Å². The summed E-state index contributed by atoms with van der Waals surface area (Å²) in [6.45, 7) is 1.97. The largest absolute Gasteiger partial charge is 0.316 e. The van der Waals surface area contributed by atoms with Crippen LogP contribution in [-0.4, -0.2) is 31.9 Å². The number of anilines is 1. The zero-order valence-corrected chi connectivity index (χ0v) is 14.3. The van der Waals surface area contributed by atoms with Gasteiger partial charge in [0.2, 0.25) is 11.1 Å². The average Bonchev–Trinajstić information content (AvgIpc) is 3.22. The van der Waals surface area contributed by atoms with Crippen molar-refractivity contribution < 1.29 is 4.79 Å². The number of carbonyl (C=O) groups is 1. The third-order valence-corrected chi connectivity index (χ3v) is 4.90. The SMILES string of the molecule is Cc1ccccc1-n1nnnc1SCC(=O)Nc1sccc1C#N. The Morgan fingerprint density at radius 1 is 1.42 bits per heavy atom. The van der Waals surface area contributed by atoms with Crippen LogP contribution in [0.15, 0.2) is 40.9 Å². The maximum atomic E-state index is 12.1. The topological polar surface area (TPSA) is 96.5 Å². The summed E-state index contributed by atoms with van der Waals surface area (Å²) < 4.78 is 1.61. The molecule has 3 rings (SSSR count). The first-order valence-electron chi connectivity index (χ1n) is 6.93. The molecule has 120 valence electrons. The van der Waals surface area contributed by atoms with E-state index in [0.717, 1.165) is 11.3 Å². The number of nitrogens with one attached hydrogen (secondary N) is 1. The van der Waals surface area contributed by atoms with Crippen molar-refractivity contribution >= 4 is 34.0 Å². The Labute approximate surface area is 146 Å². The predicted octanol–water partition coefficient (Wildman–Crippen LogP) is 2.63. The van der Waals surface area contributed by atoms with Crippen molar-refractivity contribution in [1.29, 1.82) is 5.26 Å². The molecule has 0 fully saturated rings. The number of hydrogen-bond donors (Lipinski definition) is 1. The van der Waals surface area contributed by atoms with Gasteiger partial charge in [0.25, 0.3) is 0 Å². The number of hydrogen-bond acceptors (Lipinski definition) is 7.